The molecule has 1 aliphatic carbocycles. The van der Waals surface area contributed by atoms with Gasteiger partial charge in [-0.3, -0.25) is 4.79 Å². The number of aliphatic hydroxyl groups excluding tert-OH is 1. The predicted octanol–water partition coefficient (Wildman–Crippen LogP) is 3.45. The van der Waals surface area contributed by atoms with E-state index in [0.717, 1.165) is 24.0 Å². The van der Waals surface area contributed by atoms with Gasteiger partial charge < -0.3 is 15.7 Å². The van der Waals surface area contributed by atoms with Gasteiger partial charge in [0.05, 0.1) is 6.04 Å². The Morgan fingerprint density at radius 3 is 2.68 bits per heavy atom. The Bertz CT molecular complexity index is 759. The molecule has 0 heterocycles. The van der Waals surface area contributed by atoms with Crippen molar-refractivity contribution in [2.45, 2.75) is 31.7 Å². The van der Waals surface area contributed by atoms with Crippen LogP contribution in [0, 0.1) is 0 Å². The second-order valence-electron chi connectivity index (χ2n) is 6.22. The molecule has 2 aromatic rings. The highest BCUT2D eigenvalue weighted by Crippen LogP contribution is 2.24. The van der Waals surface area contributed by atoms with Crippen LogP contribution < -0.4 is 10.6 Å². The molecule has 0 saturated carbocycles. The number of rotatable bonds is 5. The van der Waals surface area contributed by atoms with Crippen LogP contribution in [0.2, 0.25) is 0 Å². The van der Waals surface area contributed by atoms with Gasteiger partial charge in [-0.25, -0.2) is 4.79 Å². The van der Waals surface area contributed by atoms with Crippen LogP contribution in [0.15, 0.2) is 48.5 Å². The second kappa shape index (κ2) is 7.94. The van der Waals surface area contributed by atoms with Crippen molar-refractivity contribution in [1.29, 1.82) is 0 Å². The maximum atomic E-state index is 12.3. The summed E-state index contributed by atoms with van der Waals surface area (Å²) in [6, 6.07) is 14.4. The van der Waals surface area contributed by atoms with Crippen LogP contribution in [0.25, 0.3) is 0 Å². The lowest BCUT2D eigenvalue weighted by atomic mass is 9.90. The molecule has 5 nitrogen and oxygen atoms in total. The first-order valence-electron chi connectivity index (χ1n) is 8.57. The van der Waals surface area contributed by atoms with Gasteiger partial charge in [0, 0.05) is 24.3 Å². The molecule has 2 aromatic carbocycles. The summed E-state index contributed by atoms with van der Waals surface area (Å²) in [5, 5.41) is 14.9. The second-order valence-corrected chi connectivity index (χ2v) is 6.22. The number of nitrogens with one attached hydrogen (secondary N) is 2. The summed E-state index contributed by atoms with van der Waals surface area (Å²) < 4.78 is 0. The van der Waals surface area contributed by atoms with Gasteiger partial charge in [0.15, 0.2) is 5.78 Å². The van der Waals surface area contributed by atoms with Gasteiger partial charge in [0.1, 0.15) is 0 Å². The van der Waals surface area contributed by atoms with Gasteiger partial charge in [0.2, 0.25) is 0 Å². The number of ketones is 1. The number of Topliss-reactive ketones (excluding diaryl/α,β-unsaturated/α-hetero) is 1. The molecule has 0 bridgehead atoms. The molecule has 0 fully saturated rings. The van der Waals surface area contributed by atoms with E-state index in [4.69, 9.17) is 0 Å². The van der Waals surface area contributed by atoms with Gasteiger partial charge >= 0.3 is 6.03 Å². The van der Waals surface area contributed by atoms with Crippen LogP contribution in [0.4, 0.5) is 10.5 Å². The number of anilines is 1. The molecular formula is C20H22N2O3. The fraction of sp³-hybridized carbons (Fsp3) is 0.300. The average molecular weight is 338 g/mol. The quantitative estimate of drug-likeness (QED) is 0.781. The first-order valence-corrected chi connectivity index (χ1v) is 8.57. The van der Waals surface area contributed by atoms with Crippen LogP contribution in [0.3, 0.4) is 0 Å². The first kappa shape index (κ1) is 17.2. The maximum Gasteiger partial charge on any atom is 0.319 e. The van der Waals surface area contributed by atoms with Crippen molar-refractivity contribution in [2.75, 3.05) is 11.9 Å². The van der Waals surface area contributed by atoms with Gasteiger partial charge in [-0.05, 0) is 42.5 Å². The SMILES string of the molecule is O=C(Nc1ccc2c(c1)C(=O)CCC2)N[C@H](CCO)c1ccccc1. The lowest BCUT2D eigenvalue weighted by Gasteiger charge is -2.20. The van der Waals surface area contributed by atoms with Crippen molar-refractivity contribution in [3.63, 3.8) is 0 Å². The van der Waals surface area contributed by atoms with E-state index in [9.17, 15) is 14.7 Å². The first-order chi connectivity index (χ1) is 12.2. The molecule has 0 radical (unpaired) electrons. The Kier molecular flexibility index (Phi) is 5.46. The molecule has 3 rings (SSSR count). The normalized spacial score (nSPS) is 14.5. The number of hydrogen-bond donors (Lipinski definition) is 3. The molecule has 2 amide bonds. The van der Waals surface area contributed by atoms with Crippen molar-refractivity contribution < 1.29 is 14.7 Å². The summed E-state index contributed by atoms with van der Waals surface area (Å²) >= 11 is 0. The number of carbonyl (C=O) groups excluding carboxylic acids is 2. The summed E-state index contributed by atoms with van der Waals surface area (Å²) in [7, 11) is 0. The largest absolute Gasteiger partial charge is 0.396 e. The fourth-order valence-corrected chi connectivity index (χ4v) is 3.17. The third-order valence-electron chi connectivity index (χ3n) is 4.44. The zero-order valence-corrected chi connectivity index (χ0v) is 14.0. The summed E-state index contributed by atoms with van der Waals surface area (Å²) in [6.45, 7) is -0.0206. The maximum absolute atomic E-state index is 12.3. The standard InChI is InChI=1S/C20H22N2O3/c23-12-11-18(15-5-2-1-3-6-15)22-20(25)21-16-10-9-14-7-4-8-19(24)17(14)13-16/h1-3,5-6,9-10,13,18,23H,4,7-8,11-12H2,(H2,21,22,25)/t18-/m1/s1. The molecule has 0 unspecified atom stereocenters. The number of carbonyl (C=O) groups is 2. The van der Waals surface area contributed by atoms with Crippen LogP contribution in [0.1, 0.15) is 46.8 Å². The van der Waals surface area contributed by atoms with Crippen molar-refractivity contribution in [2.24, 2.45) is 0 Å². The van der Waals surface area contributed by atoms with Gasteiger partial charge in [-0.15, -0.1) is 0 Å². The number of urea groups is 1. The zero-order chi connectivity index (χ0) is 17.6. The number of fused-ring (bicyclic) bond motifs is 1. The Morgan fingerprint density at radius 1 is 1.12 bits per heavy atom. The van der Waals surface area contributed by atoms with E-state index >= 15 is 0 Å². The molecule has 3 N–H and O–H groups in total. The lowest BCUT2D eigenvalue weighted by Crippen LogP contribution is -2.33. The highest BCUT2D eigenvalue weighted by molar-refractivity contribution is 6.00. The molecule has 1 aliphatic rings. The minimum atomic E-state index is -0.356. The van der Waals surface area contributed by atoms with Crippen LogP contribution >= 0.6 is 0 Å². The Labute approximate surface area is 147 Å². The Hall–Kier alpha value is -2.66. The minimum Gasteiger partial charge on any atom is -0.396 e. The molecular weight excluding hydrogens is 316 g/mol. The smallest absolute Gasteiger partial charge is 0.319 e. The molecule has 25 heavy (non-hydrogen) atoms. The number of amides is 2. The Balaban J connectivity index is 1.69. The molecule has 0 spiro atoms. The minimum absolute atomic E-state index is 0.0206. The number of aliphatic hydroxyl groups is 1. The van der Waals surface area contributed by atoms with Crippen LogP contribution in [0.5, 0.6) is 0 Å². The van der Waals surface area contributed by atoms with Crippen LogP contribution in [-0.4, -0.2) is 23.5 Å². The van der Waals surface area contributed by atoms with Gasteiger partial charge in [-0.2, -0.15) is 0 Å². The van der Waals surface area contributed by atoms with E-state index in [1.165, 1.54) is 0 Å². The summed E-state index contributed by atoms with van der Waals surface area (Å²) in [6.07, 6.45) is 2.79. The fourth-order valence-electron chi connectivity index (χ4n) is 3.17. The topological polar surface area (TPSA) is 78.4 Å². The number of benzene rings is 2. The van der Waals surface area contributed by atoms with Crippen molar-refractivity contribution >= 4 is 17.5 Å². The third-order valence-corrected chi connectivity index (χ3v) is 4.44. The van der Waals surface area contributed by atoms with E-state index in [1.807, 2.05) is 42.5 Å². The van der Waals surface area contributed by atoms with Gasteiger partial charge in [-0.1, -0.05) is 36.4 Å². The zero-order valence-electron chi connectivity index (χ0n) is 14.0. The molecule has 130 valence electrons. The molecule has 0 aliphatic heterocycles. The van der Waals surface area contributed by atoms with Crippen molar-refractivity contribution in [1.82, 2.24) is 5.32 Å². The summed E-state index contributed by atoms with van der Waals surface area (Å²) in [4.78, 5) is 24.3. The lowest BCUT2D eigenvalue weighted by molar-refractivity contribution is 0.0972. The van der Waals surface area contributed by atoms with Gasteiger partial charge in [0.25, 0.3) is 0 Å². The van der Waals surface area contributed by atoms with E-state index in [0.29, 0.717) is 24.1 Å². The molecule has 0 saturated heterocycles. The molecule has 5 heteroatoms. The summed E-state index contributed by atoms with van der Waals surface area (Å²) in [5.41, 5.74) is 3.29. The molecule has 1 atom stereocenters. The van der Waals surface area contributed by atoms with E-state index in [-0.39, 0.29) is 24.5 Å². The van der Waals surface area contributed by atoms with Crippen molar-refractivity contribution in [3.05, 3.63) is 65.2 Å². The summed E-state index contributed by atoms with van der Waals surface area (Å²) in [5.74, 6) is 0.132. The van der Waals surface area contributed by atoms with E-state index < -0.39 is 0 Å². The third kappa shape index (κ3) is 4.25. The highest BCUT2D eigenvalue weighted by Gasteiger charge is 2.18. The highest BCUT2D eigenvalue weighted by atomic mass is 16.3. The Morgan fingerprint density at radius 2 is 1.92 bits per heavy atom. The van der Waals surface area contributed by atoms with Crippen molar-refractivity contribution in [3.8, 4) is 0 Å². The van der Waals surface area contributed by atoms with Crippen LogP contribution in [-0.2, 0) is 6.42 Å². The van der Waals surface area contributed by atoms with E-state index in [2.05, 4.69) is 10.6 Å². The monoisotopic (exact) mass is 338 g/mol. The van der Waals surface area contributed by atoms with E-state index in [1.54, 1.807) is 6.07 Å². The number of hydrogen-bond acceptors (Lipinski definition) is 3. The number of aryl methyl sites for hydroxylation is 1. The average Bonchev–Trinajstić information content (AvgIpc) is 2.63. The predicted molar refractivity (Wildman–Crippen MR) is 96.8 cm³/mol. The molecule has 0 aromatic heterocycles.